The summed E-state index contributed by atoms with van der Waals surface area (Å²) in [6, 6.07) is 0. The molecule has 0 fully saturated rings. The molecule has 0 aromatic rings. The lowest BCUT2D eigenvalue weighted by Crippen LogP contribution is -2.18. The first-order valence-corrected chi connectivity index (χ1v) is 5.13. The topological polar surface area (TPSA) is 47.7 Å². The molecule has 0 aliphatic heterocycles. The van der Waals surface area contributed by atoms with Crippen molar-refractivity contribution in [2.75, 3.05) is 0 Å². The first-order valence-electron chi connectivity index (χ1n) is 5.13. The molecule has 2 aliphatic carbocycles. The fraction of sp³-hybridized carbons (Fsp3) is 0.0769. The molecule has 0 aromatic heterocycles. The van der Waals surface area contributed by atoms with Crippen LogP contribution in [0.5, 0.6) is 0 Å². The largest absolute Gasteiger partial charge is 0.417 e. The van der Waals surface area contributed by atoms with Crippen molar-refractivity contribution < 1.29 is 13.2 Å². The van der Waals surface area contributed by atoms with Crippen molar-refractivity contribution in [1.29, 1.82) is 10.8 Å². The second-order valence-electron chi connectivity index (χ2n) is 3.84. The molecule has 0 spiro atoms. The van der Waals surface area contributed by atoms with Gasteiger partial charge in [-0.2, -0.15) is 13.2 Å². The molecule has 0 saturated carbocycles. The molecule has 2 aliphatic rings. The molecule has 18 heavy (non-hydrogen) atoms. The molecule has 2 rings (SSSR count). The quantitative estimate of drug-likeness (QED) is 0.661. The molecule has 0 unspecified atom stereocenters. The summed E-state index contributed by atoms with van der Waals surface area (Å²) in [6.45, 7) is 0. The number of alkyl halides is 3. The number of hydrogen-bond donors (Lipinski definition) is 2. The van der Waals surface area contributed by atoms with Gasteiger partial charge >= 0.3 is 6.18 Å². The molecule has 0 atom stereocenters. The van der Waals surface area contributed by atoms with Gasteiger partial charge < -0.3 is 10.8 Å². The van der Waals surface area contributed by atoms with E-state index in [0.717, 1.165) is 6.08 Å². The molecule has 0 saturated heterocycles. The van der Waals surface area contributed by atoms with Gasteiger partial charge in [-0.05, 0) is 35.5 Å². The van der Waals surface area contributed by atoms with Gasteiger partial charge in [0.25, 0.3) is 0 Å². The van der Waals surface area contributed by atoms with E-state index in [-0.39, 0.29) is 17.0 Å². The minimum absolute atomic E-state index is 0.0264. The number of halogens is 3. The van der Waals surface area contributed by atoms with Crippen LogP contribution < -0.4 is 0 Å². The van der Waals surface area contributed by atoms with Gasteiger partial charge in [0, 0.05) is 0 Å². The Morgan fingerprint density at radius 1 is 0.778 bits per heavy atom. The highest BCUT2D eigenvalue weighted by atomic mass is 19.4. The first kappa shape index (κ1) is 12.3. The van der Waals surface area contributed by atoms with Crippen LogP contribution >= 0.6 is 0 Å². The molecule has 0 heterocycles. The molecule has 0 amide bonds. The maximum Gasteiger partial charge on any atom is 0.417 e. The number of allylic oxidation sites excluding steroid dienone is 10. The maximum absolute atomic E-state index is 12.9. The van der Waals surface area contributed by atoms with Crippen molar-refractivity contribution in [1.82, 2.24) is 0 Å². The van der Waals surface area contributed by atoms with Gasteiger partial charge in [0.05, 0.1) is 17.0 Å². The summed E-state index contributed by atoms with van der Waals surface area (Å²) >= 11 is 0. The van der Waals surface area contributed by atoms with E-state index in [1.807, 2.05) is 0 Å². The average molecular weight is 250 g/mol. The van der Waals surface area contributed by atoms with Crippen LogP contribution in [0.1, 0.15) is 0 Å². The van der Waals surface area contributed by atoms with Crippen LogP contribution in [0.2, 0.25) is 0 Å². The van der Waals surface area contributed by atoms with Gasteiger partial charge in [0.15, 0.2) is 0 Å². The lowest BCUT2D eigenvalue weighted by atomic mass is 9.91. The van der Waals surface area contributed by atoms with Crippen molar-refractivity contribution in [3.8, 4) is 0 Å². The van der Waals surface area contributed by atoms with E-state index in [2.05, 4.69) is 0 Å². The van der Waals surface area contributed by atoms with Crippen LogP contribution in [-0.2, 0) is 0 Å². The monoisotopic (exact) mass is 250 g/mol. The third-order valence-electron chi connectivity index (χ3n) is 2.52. The van der Waals surface area contributed by atoms with Crippen LogP contribution in [-0.4, -0.2) is 17.6 Å². The summed E-state index contributed by atoms with van der Waals surface area (Å²) in [5.41, 5.74) is -0.350. The van der Waals surface area contributed by atoms with Crippen molar-refractivity contribution in [3.63, 3.8) is 0 Å². The van der Waals surface area contributed by atoms with E-state index in [1.165, 1.54) is 36.5 Å². The minimum atomic E-state index is -4.49. The fourth-order valence-corrected chi connectivity index (χ4v) is 1.68. The van der Waals surface area contributed by atoms with Crippen molar-refractivity contribution in [2.24, 2.45) is 0 Å². The van der Waals surface area contributed by atoms with Gasteiger partial charge in [0.2, 0.25) is 0 Å². The zero-order chi connectivity index (χ0) is 13.3. The molecule has 5 heteroatoms. The van der Waals surface area contributed by atoms with E-state index in [9.17, 15) is 13.2 Å². The third kappa shape index (κ3) is 2.40. The lowest BCUT2D eigenvalue weighted by molar-refractivity contribution is -0.0890. The zero-order valence-electron chi connectivity index (χ0n) is 9.18. The second kappa shape index (κ2) is 4.25. The van der Waals surface area contributed by atoms with Crippen LogP contribution in [0.3, 0.4) is 0 Å². The Morgan fingerprint density at radius 2 is 1.33 bits per heavy atom. The maximum atomic E-state index is 12.9. The lowest BCUT2D eigenvalue weighted by Gasteiger charge is -2.18. The van der Waals surface area contributed by atoms with Crippen molar-refractivity contribution in [3.05, 3.63) is 59.3 Å². The Balaban J connectivity index is 2.53. The third-order valence-corrected chi connectivity index (χ3v) is 2.52. The van der Waals surface area contributed by atoms with Gasteiger partial charge in [0.1, 0.15) is 0 Å². The van der Waals surface area contributed by atoms with E-state index in [1.54, 1.807) is 0 Å². The van der Waals surface area contributed by atoms with E-state index >= 15 is 0 Å². The van der Waals surface area contributed by atoms with Gasteiger partial charge in [-0.25, -0.2) is 0 Å². The van der Waals surface area contributed by atoms with E-state index in [0.29, 0.717) is 5.57 Å². The molecule has 0 bridgehead atoms. The van der Waals surface area contributed by atoms with Gasteiger partial charge in [-0.1, -0.05) is 18.2 Å². The normalized spacial score (nSPS) is 19.6. The summed E-state index contributed by atoms with van der Waals surface area (Å²) in [6.07, 6.45) is 4.72. The standard InChI is InChI=1S/C13H9F3N2/c14-13(15,16)12-7-10(18)5-6-11(12)8-1-3-9(17)4-2-8/h1-7,17-18H. The first-order chi connectivity index (χ1) is 8.38. The molecule has 0 aromatic carbocycles. The highest BCUT2D eigenvalue weighted by molar-refractivity contribution is 6.06. The predicted molar refractivity (Wildman–Crippen MR) is 64.0 cm³/mol. The molecular weight excluding hydrogens is 241 g/mol. The molecule has 92 valence electrons. The van der Waals surface area contributed by atoms with E-state index < -0.39 is 11.7 Å². The summed E-state index contributed by atoms with van der Waals surface area (Å²) in [5, 5.41) is 14.6. The number of hydrogen-bond acceptors (Lipinski definition) is 2. The summed E-state index contributed by atoms with van der Waals surface area (Å²) in [5.74, 6) is 0. The van der Waals surface area contributed by atoms with E-state index in [4.69, 9.17) is 10.8 Å². The number of nitrogens with one attached hydrogen (secondary N) is 2. The molecular formula is C13H9F3N2. The second-order valence-corrected chi connectivity index (χ2v) is 3.84. The summed E-state index contributed by atoms with van der Waals surface area (Å²) in [4.78, 5) is 0. The number of rotatable bonds is 0. The molecule has 2 N–H and O–H groups in total. The van der Waals surface area contributed by atoms with Gasteiger partial charge in [-0.3, -0.25) is 0 Å². The van der Waals surface area contributed by atoms with Crippen LogP contribution in [0.15, 0.2) is 59.3 Å². The highest BCUT2D eigenvalue weighted by Crippen LogP contribution is 2.36. The summed E-state index contributed by atoms with van der Waals surface area (Å²) < 4.78 is 38.6. The highest BCUT2D eigenvalue weighted by Gasteiger charge is 2.37. The smallest absolute Gasteiger partial charge is 0.301 e. The average Bonchev–Trinajstić information content (AvgIpc) is 2.29. The Labute approximate surface area is 102 Å². The van der Waals surface area contributed by atoms with Crippen LogP contribution in [0, 0.1) is 10.8 Å². The zero-order valence-corrected chi connectivity index (χ0v) is 9.18. The Hall–Kier alpha value is -2.17. The molecule has 2 nitrogen and oxygen atoms in total. The minimum Gasteiger partial charge on any atom is -0.301 e. The Morgan fingerprint density at radius 3 is 1.89 bits per heavy atom. The Bertz CT molecular complexity index is 552. The van der Waals surface area contributed by atoms with Crippen LogP contribution in [0.4, 0.5) is 13.2 Å². The summed E-state index contributed by atoms with van der Waals surface area (Å²) in [7, 11) is 0. The molecule has 0 radical (unpaired) electrons. The van der Waals surface area contributed by atoms with Gasteiger partial charge in [-0.15, -0.1) is 0 Å². The van der Waals surface area contributed by atoms with Crippen molar-refractivity contribution >= 4 is 11.4 Å². The Kier molecular flexibility index (Phi) is 2.90. The predicted octanol–water partition coefficient (Wildman–Crippen LogP) is 3.51. The van der Waals surface area contributed by atoms with Crippen molar-refractivity contribution in [2.45, 2.75) is 6.18 Å². The van der Waals surface area contributed by atoms with Crippen LogP contribution in [0.25, 0.3) is 0 Å². The SMILES string of the molecule is N=C1C=CC(=C2C=CC(=N)C=C2C(F)(F)F)C=C1. The fourth-order valence-electron chi connectivity index (χ4n) is 1.68.